The van der Waals surface area contributed by atoms with Crippen molar-refractivity contribution in [3.63, 3.8) is 0 Å². The summed E-state index contributed by atoms with van der Waals surface area (Å²) in [6.45, 7) is 3.71. The molecule has 0 aliphatic carbocycles. The van der Waals surface area contributed by atoms with Crippen LogP contribution in [-0.4, -0.2) is 27.1 Å². The van der Waals surface area contributed by atoms with E-state index in [9.17, 15) is 13.2 Å². The number of amides is 1. The van der Waals surface area contributed by atoms with Gasteiger partial charge in [0, 0.05) is 5.69 Å². The molecule has 0 fully saturated rings. The highest BCUT2D eigenvalue weighted by Crippen LogP contribution is 2.28. The van der Waals surface area contributed by atoms with Gasteiger partial charge in [0.05, 0.1) is 11.9 Å². The van der Waals surface area contributed by atoms with Crippen LogP contribution in [0.2, 0.25) is 0 Å². The third-order valence-corrected chi connectivity index (χ3v) is 4.70. The molecule has 1 N–H and O–H groups in total. The number of nitrogens with zero attached hydrogens (tertiary/aromatic N) is 1. The van der Waals surface area contributed by atoms with E-state index < -0.39 is 10.0 Å². The van der Waals surface area contributed by atoms with Gasteiger partial charge in [0.15, 0.2) is 0 Å². The lowest BCUT2D eigenvalue weighted by atomic mass is 10.0. The fourth-order valence-corrected chi connectivity index (χ4v) is 3.31. The van der Waals surface area contributed by atoms with Crippen LogP contribution in [0.3, 0.4) is 0 Å². The molecule has 0 atom stereocenters. The Morgan fingerprint density at radius 3 is 2.21 bits per heavy atom. The summed E-state index contributed by atoms with van der Waals surface area (Å²) >= 11 is 0. The molecule has 0 saturated carbocycles. The number of anilines is 2. The molecule has 5 nitrogen and oxygen atoms in total. The number of nitrogens with one attached hydrogen (secondary N) is 1. The third-order valence-electron chi connectivity index (χ3n) is 3.57. The summed E-state index contributed by atoms with van der Waals surface area (Å²) in [5, 5.41) is 2.72. The van der Waals surface area contributed by atoms with E-state index in [0.29, 0.717) is 11.4 Å². The van der Waals surface area contributed by atoms with Gasteiger partial charge in [-0.2, -0.15) is 0 Å². The minimum absolute atomic E-state index is 0.141. The van der Waals surface area contributed by atoms with Gasteiger partial charge in [0.1, 0.15) is 6.54 Å². The smallest absolute Gasteiger partial charge is 0.245 e. The molecule has 2 rings (SSSR count). The quantitative estimate of drug-likeness (QED) is 0.873. The molecule has 1 amide bonds. The van der Waals surface area contributed by atoms with Gasteiger partial charge < -0.3 is 5.32 Å². The summed E-state index contributed by atoms with van der Waals surface area (Å²) in [5.74, 6) is -0.243. The van der Waals surface area contributed by atoms with Crippen molar-refractivity contribution < 1.29 is 13.2 Å². The Bertz CT molecular complexity index is 802. The van der Waals surface area contributed by atoms with Gasteiger partial charge in [-0.15, -0.1) is 0 Å². The van der Waals surface area contributed by atoms with Gasteiger partial charge in [-0.25, -0.2) is 8.42 Å². The van der Waals surface area contributed by atoms with Crippen LogP contribution in [0, 0.1) is 0 Å². The number of hydrogen-bond donors (Lipinski definition) is 1. The molecule has 2 aromatic carbocycles. The minimum atomic E-state index is -3.59. The van der Waals surface area contributed by atoms with E-state index in [1.807, 2.05) is 32.0 Å². The highest BCUT2D eigenvalue weighted by Gasteiger charge is 2.23. The summed E-state index contributed by atoms with van der Waals surface area (Å²) in [6.07, 6.45) is 1.11. The zero-order chi connectivity index (χ0) is 17.7. The Labute approximate surface area is 143 Å². The second-order valence-electron chi connectivity index (χ2n) is 5.90. The van der Waals surface area contributed by atoms with Gasteiger partial charge in [0.25, 0.3) is 0 Å². The van der Waals surface area contributed by atoms with E-state index in [4.69, 9.17) is 0 Å². The normalized spacial score (nSPS) is 11.3. The van der Waals surface area contributed by atoms with Crippen molar-refractivity contribution in [3.05, 3.63) is 60.2 Å². The minimum Gasteiger partial charge on any atom is -0.325 e. The average molecular weight is 346 g/mol. The largest absolute Gasteiger partial charge is 0.325 e. The van der Waals surface area contributed by atoms with Crippen LogP contribution >= 0.6 is 0 Å². The number of benzene rings is 2. The van der Waals surface area contributed by atoms with Crippen LogP contribution < -0.4 is 9.62 Å². The standard InChI is InChI=1S/C18H22N2O3S/c1-14(2)16-11-7-8-12-17(16)20(24(3,22)23)13-18(21)19-15-9-5-4-6-10-15/h4-12,14H,13H2,1-3H3,(H,19,21). The van der Waals surface area contributed by atoms with Gasteiger partial charge in [0.2, 0.25) is 15.9 Å². The first-order valence-corrected chi connectivity index (χ1v) is 9.55. The molecule has 0 saturated heterocycles. The summed E-state index contributed by atoms with van der Waals surface area (Å²) < 4.78 is 25.6. The van der Waals surface area contributed by atoms with E-state index >= 15 is 0 Å². The summed E-state index contributed by atoms with van der Waals surface area (Å²) in [5.41, 5.74) is 2.06. The van der Waals surface area contributed by atoms with Gasteiger partial charge in [-0.05, 0) is 29.7 Å². The van der Waals surface area contributed by atoms with Crippen LogP contribution in [-0.2, 0) is 14.8 Å². The first-order valence-electron chi connectivity index (χ1n) is 7.70. The number of carbonyl (C=O) groups is 1. The molecule has 0 aliphatic heterocycles. The molecule has 24 heavy (non-hydrogen) atoms. The van der Waals surface area contributed by atoms with E-state index in [1.165, 1.54) is 0 Å². The number of rotatable bonds is 6. The summed E-state index contributed by atoms with van der Waals surface area (Å²) in [4.78, 5) is 12.3. The van der Waals surface area contributed by atoms with Gasteiger partial charge in [-0.1, -0.05) is 50.2 Å². The second-order valence-corrected chi connectivity index (χ2v) is 7.80. The van der Waals surface area contributed by atoms with Crippen molar-refractivity contribution in [1.29, 1.82) is 0 Å². The van der Waals surface area contributed by atoms with Crippen molar-refractivity contribution in [2.45, 2.75) is 19.8 Å². The predicted molar refractivity (Wildman–Crippen MR) is 97.8 cm³/mol. The van der Waals surface area contributed by atoms with Crippen LogP contribution in [0.15, 0.2) is 54.6 Å². The molecule has 0 spiro atoms. The first-order chi connectivity index (χ1) is 11.3. The van der Waals surface area contributed by atoms with Gasteiger partial charge in [-0.3, -0.25) is 9.10 Å². The Kier molecular flexibility index (Phi) is 5.62. The van der Waals surface area contributed by atoms with E-state index in [0.717, 1.165) is 16.1 Å². The second kappa shape index (κ2) is 7.49. The molecular weight excluding hydrogens is 324 g/mol. The highest BCUT2D eigenvalue weighted by atomic mass is 32.2. The van der Waals surface area contributed by atoms with Crippen molar-refractivity contribution in [2.75, 3.05) is 22.4 Å². The SMILES string of the molecule is CC(C)c1ccccc1N(CC(=O)Nc1ccccc1)S(C)(=O)=O. The summed E-state index contributed by atoms with van der Waals surface area (Å²) in [7, 11) is -3.59. The van der Waals surface area contributed by atoms with Crippen molar-refractivity contribution in [3.8, 4) is 0 Å². The number of carbonyl (C=O) groups excluding carboxylic acids is 1. The fraction of sp³-hybridized carbons (Fsp3) is 0.278. The maximum Gasteiger partial charge on any atom is 0.245 e. The Morgan fingerprint density at radius 1 is 1.04 bits per heavy atom. The first kappa shape index (κ1) is 18.0. The topological polar surface area (TPSA) is 66.5 Å². The van der Waals surface area contributed by atoms with Crippen LogP contribution in [0.25, 0.3) is 0 Å². The molecule has 128 valence electrons. The Morgan fingerprint density at radius 2 is 1.62 bits per heavy atom. The molecule has 2 aromatic rings. The molecule has 0 unspecified atom stereocenters. The van der Waals surface area contributed by atoms with E-state index in [2.05, 4.69) is 5.32 Å². The molecule has 0 radical (unpaired) electrons. The maximum absolute atomic E-state index is 12.3. The molecule has 0 bridgehead atoms. The van der Waals surface area contributed by atoms with Crippen molar-refractivity contribution >= 4 is 27.3 Å². The lowest BCUT2D eigenvalue weighted by Crippen LogP contribution is -2.38. The number of sulfonamides is 1. The zero-order valence-electron chi connectivity index (χ0n) is 14.1. The van der Waals surface area contributed by atoms with Crippen LogP contribution in [0.5, 0.6) is 0 Å². The monoisotopic (exact) mass is 346 g/mol. The lowest BCUT2D eigenvalue weighted by Gasteiger charge is -2.25. The predicted octanol–water partition coefficient (Wildman–Crippen LogP) is 3.21. The Balaban J connectivity index is 2.29. The third kappa shape index (κ3) is 4.58. The number of hydrogen-bond acceptors (Lipinski definition) is 3. The Hall–Kier alpha value is -2.34. The fourth-order valence-electron chi connectivity index (χ4n) is 2.44. The van der Waals surface area contributed by atoms with Gasteiger partial charge >= 0.3 is 0 Å². The van der Waals surface area contributed by atoms with E-state index in [-0.39, 0.29) is 18.4 Å². The zero-order valence-corrected chi connectivity index (χ0v) is 14.9. The summed E-state index contributed by atoms with van der Waals surface area (Å²) in [6, 6.07) is 16.2. The average Bonchev–Trinajstić information content (AvgIpc) is 2.52. The van der Waals surface area contributed by atoms with Crippen LogP contribution in [0.1, 0.15) is 25.3 Å². The lowest BCUT2D eigenvalue weighted by molar-refractivity contribution is -0.114. The molecular formula is C18H22N2O3S. The highest BCUT2D eigenvalue weighted by molar-refractivity contribution is 7.92. The van der Waals surface area contributed by atoms with Crippen molar-refractivity contribution in [1.82, 2.24) is 0 Å². The molecule has 0 aliphatic rings. The number of para-hydroxylation sites is 2. The molecule has 0 heterocycles. The van der Waals surface area contributed by atoms with E-state index in [1.54, 1.807) is 36.4 Å². The van der Waals surface area contributed by atoms with Crippen molar-refractivity contribution in [2.24, 2.45) is 0 Å². The molecule has 6 heteroatoms. The molecule has 0 aromatic heterocycles. The van der Waals surface area contributed by atoms with Crippen LogP contribution in [0.4, 0.5) is 11.4 Å². The maximum atomic E-state index is 12.3.